The van der Waals surface area contributed by atoms with Crippen LogP contribution in [-0.4, -0.2) is 31.8 Å². The number of fused-ring (bicyclic) bond motifs is 1. The van der Waals surface area contributed by atoms with Gasteiger partial charge in [-0.3, -0.25) is 4.79 Å². The van der Waals surface area contributed by atoms with Crippen LogP contribution in [-0.2, 0) is 0 Å². The molecule has 2 aromatic heterocycles. The van der Waals surface area contributed by atoms with Gasteiger partial charge < -0.3 is 16.2 Å². The lowest BCUT2D eigenvalue weighted by atomic mass is 9.51. The molecule has 6 heteroatoms. The Labute approximate surface area is 140 Å². The van der Waals surface area contributed by atoms with E-state index in [0.717, 1.165) is 43.3 Å². The van der Waals surface area contributed by atoms with E-state index in [9.17, 15) is 9.90 Å². The molecule has 6 nitrogen and oxygen atoms in total. The zero-order valence-corrected chi connectivity index (χ0v) is 13.5. The fraction of sp³-hybridized carbons (Fsp3) is 0.556. The van der Waals surface area contributed by atoms with Crippen molar-refractivity contribution >= 4 is 17.1 Å². The van der Waals surface area contributed by atoms with Crippen molar-refractivity contribution in [2.24, 2.45) is 17.6 Å². The van der Waals surface area contributed by atoms with E-state index >= 15 is 0 Å². The molecule has 0 saturated heterocycles. The van der Waals surface area contributed by atoms with E-state index in [1.807, 2.05) is 18.3 Å². The number of nitrogens with zero attached hydrogens (tertiary/aromatic N) is 2. The molecule has 4 fully saturated rings. The Balaban J connectivity index is 1.61. The summed E-state index contributed by atoms with van der Waals surface area (Å²) in [4.78, 5) is 11.9. The van der Waals surface area contributed by atoms with Gasteiger partial charge in [0.25, 0.3) is 5.91 Å². The molecule has 2 unspecified atom stereocenters. The summed E-state index contributed by atoms with van der Waals surface area (Å²) in [5.74, 6) is 0.674. The lowest BCUT2D eigenvalue weighted by Gasteiger charge is -2.60. The van der Waals surface area contributed by atoms with Crippen LogP contribution in [0, 0.1) is 11.8 Å². The molecule has 2 heterocycles. The summed E-state index contributed by atoms with van der Waals surface area (Å²) in [6.07, 6.45) is 9.33. The number of aliphatic hydroxyl groups is 1. The molecule has 0 radical (unpaired) electrons. The van der Waals surface area contributed by atoms with Crippen LogP contribution in [0.5, 0.6) is 0 Å². The smallest absolute Gasteiger partial charge is 0.252 e. The van der Waals surface area contributed by atoms with Crippen molar-refractivity contribution in [3.63, 3.8) is 0 Å². The highest BCUT2D eigenvalue weighted by atomic mass is 16.3. The van der Waals surface area contributed by atoms with Gasteiger partial charge in [-0.15, -0.1) is 0 Å². The number of anilines is 1. The van der Waals surface area contributed by atoms with Gasteiger partial charge in [-0.25, -0.2) is 4.52 Å². The second-order valence-electron chi connectivity index (χ2n) is 8.23. The number of aromatic nitrogens is 2. The predicted octanol–water partition coefficient (Wildman–Crippen LogP) is 1.93. The molecule has 2 aromatic rings. The summed E-state index contributed by atoms with van der Waals surface area (Å²) in [5, 5.41) is 18.9. The third-order valence-corrected chi connectivity index (χ3v) is 6.25. The molecule has 4 aliphatic carbocycles. The highest BCUT2D eigenvalue weighted by Crippen LogP contribution is 2.58. The topological polar surface area (TPSA) is 92.7 Å². The number of nitrogens with two attached hydrogens (primary N) is 1. The van der Waals surface area contributed by atoms with Crippen molar-refractivity contribution in [2.45, 2.75) is 49.7 Å². The molecular weight excluding hydrogens is 304 g/mol. The summed E-state index contributed by atoms with van der Waals surface area (Å²) in [7, 11) is 0. The molecule has 1 amide bonds. The maximum Gasteiger partial charge on any atom is 0.252 e. The molecule has 24 heavy (non-hydrogen) atoms. The minimum absolute atomic E-state index is 0.144. The summed E-state index contributed by atoms with van der Waals surface area (Å²) < 4.78 is 1.75. The first kappa shape index (κ1) is 14.3. The van der Waals surface area contributed by atoms with Crippen LogP contribution in [0.2, 0.25) is 0 Å². The molecule has 0 aliphatic heterocycles. The minimum atomic E-state index is -0.546. The van der Waals surface area contributed by atoms with E-state index in [1.165, 1.54) is 12.6 Å². The molecule has 4 bridgehead atoms. The van der Waals surface area contributed by atoms with Gasteiger partial charge in [-0.05, 0) is 62.5 Å². The first-order chi connectivity index (χ1) is 11.5. The summed E-state index contributed by atoms with van der Waals surface area (Å²) in [5.41, 5.74) is 6.93. The Kier molecular flexibility index (Phi) is 2.68. The second kappa shape index (κ2) is 4.51. The van der Waals surface area contributed by atoms with Crippen LogP contribution in [0.1, 0.15) is 48.9 Å². The number of carbonyl (C=O) groups excluding carboxylic acids is 1. The number of primary amides is 1. The number of amides is 1. The summed E-state index contributed by atoms with van der Waals surface area (Å²) in [6.45, 7) is 0. The van der Waals surface area contributed by atoms with Gasteiger partial charge in [0.15, 0.2) is 0 Å². The zero-order valence-electron chi connectivity index (χ0n) is 13.5. The molecular formula is C18H22N4O2. The Morgan fingerprint density at radius 2 is 2.08 bits per heavy atom. The van der Waals surface area contributed by atoms with Gasteiger partial charge in [-0.1, -0.05) is 0 Å². The summed E-state index contributed by atoms with van der Waals surface area (Å²) >= 11 is 0. The maximum atomic E-state index is 11.9. The zero-order chi connectivity index (χ0) is 16.5. The standard InChI is InChI=1S/C18H22N4O2/c19-16(23)13-9-20-22-3-1-2-14(22)15(13)21-17-5-11-4-12(6-17)8-18(24,7-11)10-17/h1-3,9,11-12,21,24H,4-8,10H2,(H2,19,23)/t11-,12+,17?,18?. The normalized spacial score (nSPS) is 37.0. The van der Waals surface area contributed by atoms with E-state index in [2.05, 4.69) is 10.4 Å². The van der Waals surface area contributed by atoms with Gasteiger partial charge in [0.2, 0.25) is 0 Å². The predicted molar refractivity (Wildman–Crippen MR) is 89.7 cm³/mol. The minimum Gasteiger partial charge on any atom is -0.390 e. The Morgan fingerprint density at radius 3 is 2.75 bits per heavy atom. The van der Waals surface area contributed by atoms with E-state index in [-0.39, 0.29) is 5.54 Å². The van der Waals surface area contributed by atoms with Crippen LogP contribution in [0.4, 0.5) is 5.69 Å². The van der Waals surface area contributed by atoms with Gasteiger partial charge in [0, 0.05) is 11.7 Å². The van der Waals surface area contributed by atoms with Crippen LogP contribution >= 0.6 is 0 Å². The van der Waals surface area contributed by atoms with Crippen LogP contribution < -0.4 is 11.1 Å². The van der Waals surface area contributed by atoms with E-state index in [4.69, 9.17) is 5.73 Å². The van der Waals surface area contributed by atoms with E-state index < -0.39 is 11.5 Å². The maximum absolute atomic E-state index is 11.9. The number of rotatable bonds is 3. The average molecular weight is 326 g/mol. The van der Waals surface area contributed by atoms with Crippen LogP contribution in [0.3, 0.4) is 0 Å². The van der Waals surface area contributed by atoms with Crippen LogP contribution in [0.15, 0.2) is 24.5 Å². The fourth-order valence-corrected chi connectivity index (χ4v) is 5.94. The number of hydrogen-bond acceptors (Lipinski definition) is 4. The number of carbonyl (C=O) groups is 1. The monoisotopic (exact) mass is 326 g/mol. The Bertz CT molecular complexity index is 829. The molecule has 4 saturated carbocycles. The second-order valence-corrected chi connectivity index (χ2v) is 8.23. The van der Waals surface area contributed by atoms with Crippen molar-refractivity contribution in [2.75, 3.05) is 5.32 Å². The highest BCUT2D eigenvalue weighted by Gasteiger charge is 2.57. The van der Waals surface area contributed by atoms with E-state index in [0.29, 0.717) is 17.4 Å². The van der Waals surface area contributed by atoms with Crippen molar-refractivity contribution < 1.29 is 9.90 Å². The Morgan fingerprint density at radius 1 is 1.33 bits per heavy atom. The molecule has 0 aromatic carbocycles. The first-order valence-electron chi connectivity index (χ1n) is 8.72. The third kappa shape index (κ3) is 1.99. The molecule has 4 atom stereocenters. The van der Waals surface area contributed by atoms with Crippen molar-refractivity contribution in [1.29, 1.82) is 0 Å². The SMILES string of the molecule is NC(=O)c1cnn2cccc2c1NC12C[C@@H]3C[C@@H](CC(O)(C3)C1)C2. The lowest BCUT2D eigenvalue weighted by molar-refractivity contribution is -0.127. The fourth-order valence-electron chi connectivity index (χ4n) is 5.94. The molecule has 0 spiro atoms. The van der Waals surface area contributed by atoms with Gasteiger partial charge in [-0.2, -0.15) is 5.10 Å². The van der Waals surface area contributed by atoms with Gasteiger partial charge in [0.05, 0.1) is 28.6 Å². The van der Waals surface area contributed by atoms with Crippen molar-refractivity contribution in [3.8, 4) is 0 Å². The molecule has 126 valence electrons. The first-order valence-corrected chi connectivity index (χ1v) is 8.72. The molecule has 4 N–H and O–H groups in total. The Hall–Kier alpha value is -2.08. The van der Waals surface area contributed by atoms with Gasteiger partial charge >= 0.3 is 0 Å². The van der Waals surface area contributed by atoms with Gasteiger partial charge in [0.1, 0.15) is 0 Å². The lowest BCUT2D eigenvalue weighted by Crippen LogP contribution is -2.62. The van der Waals surface area contributed by atoms with Crippen molar-refractivity contribution in [1.82, 2.24) is 9.61 Å². The third-order valence-electron chi connectivity index (χ3n) is 6.25. The highest BCUT2D eigenvalue weighted by molar-refractivity contribution is 6.02. The van der Waals surface area contributed by atoms with E-state index in [1.54, 1.807) is 4.52 Å². The molecule has 4 aliphatic rings. The van der Waals surface area contributed by atoms with Crippen molar-refractivity contribution in [3.05, 3.63) is 30.1 Å². The van der Waals surface area contributed by atoms with Crippen LogP contribution in [0.25, 0.3) is 5.52 Å². The average Bonchev–Trinajstić information content (AvgIpc) is 2.93. The largest absolute Gasteiger partial charge is 0.390 e. The summed E-state index contributed by atoms with van der Waals surface area (Å²) in [6, 6.07) is 3.85. The number of nitrogens with one attached hydrogen (secondary N) is 1. The molecule has 6 rings (SSSR count). The quantitative estimate of drug-likeness (QED) is 0.803. The number of hydrogen-bond donors (Lipinski definition) is 3.